The number of nitro groups is 1. The van der Waals surface area contributed by atoms with E-state index >= 15 is 0 Å². The van der Waals surface area contributed by atoms with Crippen LogP contribution in [0.4, 0.5) is 11.7 Å². The number of hydrogen-bond donors (Lipinski definition) is 1. The zero-order valence-corrected chi connectivity index (χ0v) is 8.91. The summed E-state index contributed by atoms with van der Waals surface area (Å²) in [6.45, 7) is 0. The lowest BCUT2D eigenvalue weighted by molar-refractivity contribution is -0.384. The van der Waals surface area contributed by atoms with E-state index in [2.05, 4.69) is 4.98 Å². The number of nitrogens with zero attached hydrogens (tertiary/aromatic N) is 2. The Morgan fingerprint density at radius 3 is 2.82 bits per heavy atom. The van der Waals surface area contributed by atoms with Crippen LogP contribution in [0.3, 0.4) is 0 Å². The number of non-ortho nitro benzene ring substituents is 1. The first-order valence-electron chi connectivity index (χ1n) is 4.66. The van der Waals surface area contributed by atoms with Crippen molar-refractivity contribution in [1.29, 1.82) is 0 Å². The standard InChI is InChI=1S/C10H9N3O4/c1-16-8-3-2-6(13(14)15)4-7(8)9-5-12-10(11)17-9/h2-5H,1H3,(H2,11,12). The third-order valence-corrected chi connectivity index (χ3v) is 2.18. The Morgan fingerprint density at radius 1 is 1.53 bits per heavy atom. The van der Waals surface area contributed by atoms with Crippen molar-refractivity contribution >= 4 is 11.7 Å². The van der Waals surface area contributed by atoms with Crippen LogP contribution < -0.4 is 10.5 Å². The quantitative estimate of drug-likeness (QED) is 0.642. The van der Waals surface area contributed by atoms with Crippen LogP contribution in [0, 0.1) is 10.1 Å². The molecule has 0 fully saturated rings. The van der Waals surface area contributed by atoms with Crippen molar-refractivity contribution in [3.63, 3.8) is 0 Å². The molecule has 0 aliphatic carbocycles. The van der Waals surface area contributed by atoms with Crippen molar-refractivity contribution in [3.8, 4) is 17.1 Å². The number of nitrogen functional groups attached to an aromatic ring is 1. The van der Waals surface area contributed by atoms with E-state index in [1.165, 1.54) is 31.5 Å². The van der Waals surface area contributed by atoms with E-state index in [1.807, 2.05) is 0 Å². The smallest absolute Gasteiger partial charge is 0.292 e. The van der Waals surface area contributed by atoms with Gasteiger partial charge in [-0.3, -0.25) is 10.1 Å². The molecule has 0 saturated heterocycles. The summed E-state index contributed by atoms with van der Waals surface area (Å²) < 4.78 is 10.2. The molecule has 2 rings (SSSR count). The van der Waals surface area contributed by atoms with Crippen LogP contribution in [0.5, 0.6) is 5.75 Å². The predicted octanol–water partition coefficient (Wildman–Crippen LogP) is 1.84. The summed E-state index contributed by atoms with van der Waals surface area (Å²) in [6, 6.07) is 4.18. The van der Waals surface area contributed by atoms with Crippen LogP contribution in [-0.4, -0.2) is 17.0 Å². The number of oxazole rings is 1. The zero-order valence-electron chi connectivity index (χ0n) is 8.91. The number of aromatic nitrogens is 1. The Labute approximate surface area is 96.0 Å². The number of nitro benzene ring substituents is 1. The third-order valence-electron chi connectivity index (χ3n) is 2.18. The van der Waals surface area contributed by atoms with Gasteiger partial charge in [0.15, 0.2) is 5.76 Å². The van der Waals surface area contributed by atoms with Gasteiger partial charge in [-0.15, -0.1) is 0 Å². The Bertz CT molecular complexity index is 564. The lowest BCUT2D eigenvalue weighted by Gasteiger charge is -2.04. The lowest BCUT2D eigenvalue weighted by atomic mass is 10.1. The molecule has 0 amide bonds. The maximum absolute atomic E-state index is 10.7. The molecular weight excluding hydrogens is 226 g/mol. The molecule has 0 aliphatic rings. The highest BCUT2D eigenvalue weighted by Gasteiger charge is 2.15. The van der Waals surface area contributed by atoms with Crippen molar-refractivity contribution in [3.05, 3.63) is 34.5 Å². The first-order valence-corrected chi connectivity index (χ1v) is 4.66. The van der Waals surface area contributed by atoms with Gasteiger partial charge < -0.3 is 14.9 Å². The minimum Gasteiger partial charge on any atom is -0.496 e. The molecule has 0 spiro atoms. The van der Waals surface area contributed by atoms with Crippen LogP contribution >= 0.6 is 0 Å². The molecule has 88 valence electrons. The van der Waals surface area contributed by atoms with Crippen molar-refractivity contribution in [1.82, 2.24) is 4.98 Å². The summed E-state index contributed by atoms with van der Waals surface area (Å²) in [5, 5.41) is 10.7. The number of rotatable bonds is 3. The first kappa shape index (κ1) is 10.9. The Balaban J connectivity index is 2.57. The van der Waals surface area contributed by atoms with Gasteiger partial charge in [-0.2, -0.15) is 0 Å². The number of benzene rings is 1. The van der Waals surface area contributed by atoms with Crippen molar-refractivity contribution in [2.24, 2.45) is 0 Å². The third kappa shape index (κ3) is 2.03. The normalized spacial score (nSPS) is 10.2. The van der Waals surface area contributed by atoms with Crippen molar-refractivity contribution < 1.29 is 14.1 Å². The minimum atomic E-state index is -0.497. The summed E-state index contributed by atoms with van der Waals surface area (Å²) in [7, 11) is 1.46. The zero-order chi connectivity index (χ0) is 12.4. The summed E-state index contributed by atoms with van der Waals surface area (Å²) >= 11 is 0. The van der Waals surface area contributed by atoms with E-state index in [9.17, 15) is 10.1 Å². The van der Waals surface area contributed by atoms with E-state index < -0.39 is 4.92 Å². The fourth-order valence-electron chi connectivity index (χ4n) is 1.41. The van der Waals surface area contributed by atoms with Crippen LogP contribution in [-0.2, 0) is 0 Å². The molecule has 0 bridgehead atoms. The van der Waals surface area contributed by atoms with Gasteiger partial charge in [0.25, 0.3) is 11.7 Å². The van der Waals surface area contributed by atoms with Gasteiger partial charge in [0.2, 0.25) is 0 Å². The molecule has 17 heavy (non-hydrogen) atoms. The van der Waals surface area contributed by atoms with Crippen LogP contribution in [0.2, 0.25) is 0 Å². The minimum absolute atomic E-state index is 0.00596. The van der Waals surface area contributed by atoms with E-state index in [1.54, 1.807) is 0 Å². The second kappa shape index (κ2) is 4.12. The maximum atomic E-state index is 10.7. The molecular formula is C10H9N3O4. The molecule has 0 unspecified atom stereocenters. The van der Waals surface area contributed by atoms with Gasteiger partial charge in [-0.1, -0.05) is 0 Å². The molecule has 0 atom stereocenters. The lowest BCUT2D eigenvalue weighted by Crippen LogP contribution is -1.91. The predicted molar refractivity (Wildman–Crippen MR) is 59.6 cm³/mol. The van der Waals surface area contributed by atoms with Gasteiger partial charge in [-0.25, -0.2) is 4.98 Å². The Morgan fingerprint density at radius 2 is 2.29 bits per heavy atom. The number of anilines is 1. The number of methoxy groups -OCH3 is 1. The van der Waals surface area contributed by atoms with Crippen molar-refractivity contribution in [2.75, 3.05) is 12.8 Å². The van der Waals surface area contributed by atoms with Crippen LogP contribution in [0.25, 0.3) is 11.3 Å². The molecule has 1 aromatic heterocycles. The fraction of sp³-hybridized carbons (Fsp3) is 0.100. The summed E-state index contributed by atoms with van der Waals surface area (Å²) in [5.74, 6) is 0.773. The highest BCUT2D eigenvalue weighted by atomic mass is 16.6. The van der Waals surface area contributed by atoms with Gasteiger partial charge >= 0.3 is 0 Å². The van der Waals surface area contributed by atoms with Gasteiger partial charge in [0, 0.05) is 12.1 Å². The fourth-order valence-corrected chi connectivity index (χ4v) is 1.41. The maximum Gasteiger partial charge on any atom is 0.292 e. The highest BCUT2D eigenvalue weighted by molar-refractivity contribution is 5.68. The Hall–Kier alpha value is -2.57. The van der Waals surface area contributed by atoms with E-state index in [0.717, 1.165) is 0 Å². The molecule has 0 saturated carbocycles. The van der Waals surface area contributed by atoms with Gasteiger partial charge in [0.1, 0.15) is 5.75 Å². The molecule has 7 nitrogen and oxygen atoms in total. The number of hydrogen-bond acceptors (Lipinski definition) is 6. The average molecular weight is 235 g/mol. The monoisotopic (exact) mass is 235 g/mol. The van der Waals surface area contributed by atoms with E-state index in [4.69, 9.17) is 14.9 Å². The largest absolute Gasteiger partial charge is 0.496 e. The number of nitrogens with two attached hydrogens (primary N) is 1. The summed E-state index contributed by atoms with van der Waals surface area (Å²) in [6.07, 6.45) is 1.39. The summed E-state index contributed by atoms with van der Waals surface area (Å²) in [5.41, 5.74) is 5.73. The molecule has 1 heterocycles. The van der Waals surface area contributed by atoms with Crippen molar-refractivity contribution in [2.45, 2.75) is 0 Å². The molecule has 2 aromatic rings. The number of ether oxygens (including phenoxy) is 1. The van der Waals surface area contributed by atoms with E-state index in [-0.39, 0.29) is 11.7 Å². The van der Waals surface area contributed by atoms with Crippen LogP contribution in [0.1, 0.15) is 0 Å². The molecule has 1 aromatic carbocycles. The van der Waals surface area contributed by atoms with Gasteiger partial charge in [-0.05, 0) is 6.07 Å². The Kier molecular flexibility index (Phi) is 2.65. The molecule has 7 heteroatoms. The molecule has 2 N–H and O–H groups in total. The second-order valence-corrected chi connectivity index (χ2v) is 3.20. The SMILES string of the molecule is COc1ccc([N+](=O)[O-])cc1-c1cnc(N)o1. The molecule has 0 aliphatic heterocycles. The summed E-state index contributed by atoms with van der Waals surface area (Å²) in [4.78, 5) is 13.9. The van der Waals surface area contributed by atoms with Gasteiger partial charge in [0.05, 0.1) is 23.8 Å². The average Bonchev–Trinajstić information content (AvgIpc) is 2.74. The second-order valence-electron chi connectivity index (χ2n) is 3.20. The molecule has 0 radical (unpaired) electrons. The topological polar surface area (TPSA) is 104 Å². The first-order chi connectivity index (χ1) is 8.11. The van der Waals surface area contributed by atoms with Crippen LogP contribution in [0.15, 0.2) is 28.8 Å². The highest BCUT2D eigenvalue weighted by Crippen LogP contribution is 2.33. The van der Waals surface area contributed by atoms with E-state index in [0.29, 0.717) is 17.1 Å².